The number of nitrogens with zero attached hydrogens (tertiary/aromatic N) is 2. The number of nitrogens with two attached hydrogens (primary N) is 1. The molecule has 100 valence electrons. The van der Waals surface area contributed by atoms with Crippen molar-refractivity contribution in [2.24, 2.45) is 11.8 Å². The highest BCUT2D eigenvalue weighted by atomic mass is 16.2. The molecule has 0 aliphatic carbocycles. The van der Waals surface area contributed by atoms with Crippen molar-refractivity contribution in [2.75, 3.05) is 18.5 Å². The molecule has 5 nitrogen and oxygen atoms in total. The Balaban J connectivity index is 2.82. The first-order valence-electron chi connectivity index (χ1n) is 6.34. The highest BCUT2D eigenvalue weighted by molar-refractivity contribution is 5.94. The molecule has 0 fully saturated rings. The van der Waals surface area contributed by atoms with Crippen molar-refractivity contribution >= 4 is 11.7 Å². The van der Waals surface area contributed by atoms with Crippen LogP contribution in [0.15, 0.2) is 18.3 Å². The number of hydrazine groups is 1. The molecule has 1 atom stereocenters. The molecule has 18 heavy (non-hydrogen) atoms. The summed E-state index contributed by atoms with van der Waals surface area (Å²) in [4.78, 5) is 18.2. The van der Waals surface area contributed by atoms with Crippen LogP contribution in [0.5, 0.6) is 0 Å². The van der Waals surface area contributed by atoms with Crippen molar-refractivity contribution < 1.29 is 4.79 Å². The summed E-state index contributed by atoms with van der Waals surface area (Å²) < 4.78 is 0. The number of carbonyl (C=O) groups is 1. The number of nitrogen functional groups attached to an aromatic ring is 1. The number of anilines is 1. The monoisotopic (exact) mass is 250 g/mol. The second-order valence-corrected chi connectivity index (χ2v) is 4.43. The van der Waals surface area contributed by atoms with E-state index in [1.54, 1.807) is 18.3 Å². The maximum absolute atomic E-state index is 12.3. The Labute approximate surface area is 108 Å². The lowest BCUT2D eigenvalue weighted by atomic mass is 10.1. The molecule has 0 saturated carbocycles. The number of rotatable bonds is 6. The van der Waals surface area contributed by atoms with Gasteiger partial charge in [0.15, 0.2) is 0 Å². The van der Waals surface area contributed by atoms with E-state index in [-0.39, 0.29) is 5.91 Å². The zero-order valence-electron chi connectivity index (χ0n) is 11.3. The fourth-order valence-corrected chi connectivity index (χ4v) is 1.69. The third kappa shape index (κ3) is 3.70. The van der Waals surface area contributed by atoms with Gasteiger partial charge in [-0.15, -0.1) is 0 Å². The van der Waals surface area contributed by atoms with E-state index in [2.05, 4.69) is 24.3 Å². The number of hydrogen-bond acceptors (Lipinski definition) is 4. The molecular formula is C13H22N4O. The Hall–Kier alpha value is -1.62. The average molecular weight is 250 g/mol. The quantitative estimate of drug-likeness (QED) is 0.597. The van der Waals surface area contributed by atoms with Crippen LogP contribution in [0, 0.1) is 5.92 Å². The first-order chi connectivity index (χ1) is 8.62. The molecule has 1 aromatic rings. The van der Waals surface area contributed by atoms with Gasteiger partial charge in [-0.05, 0) is 25.0 Å². The van der Waals surface area contributed by atoms with Gasteiger partial charge < -0.3 is 10.3 Å². The summed E-state index contributed by atoms with van der Waals surface area (Å²) in [6.45, 7) is 7.75. The minimum Gasteiger partial charge on any atom is -0.339 e. The molecule has 1 heterocycles. The largest absolute Gasteiger partial charge is 0.339 e. The van der Waals surface area contributed by atoms with Gasteiger partial charge in [-0.2, -0.15) is 0 Å². The van der Waals surface area contributed by atoms with E-state index >= 15 is 0 Å². The first kappa shape index (κ1) is 14.4. The molecule has 0 spiro atoms. The second-order valence-electron chi connectivity index (χ2n) is 4.43. The van der Waals surface area contributed by atoms with Gasteiger partial charge in [-0.3, -0.25) is 4.79 Å². The summed E-state index contributed by atoms with van der Waals surface area (Å²) >= 11 is 0. The third-order valence-corrected chi connectivity index (χ3v) is 3.05. The van der Waals surface area contributed by atoms with E-state index in [0.717, 1.165) is 13.0 Å². The Kier molecular flexibility index (Phi) is 5.58. The average Bonchev–Trinajstić information content (AvgIpc) is 2.43. The van der Waals surface area contributed by atoms with Gasteiger partial charge in [0.1, 0.15) is 5.82 Å². The number of pyridine rings is 1. The number of nitrogens with one attached hydrogen (secondary N) is 1. The Bertz CT molecular complexity index is 394. The fraction of sp³-hybridized carbons (Fsp3) is 0.538. The summed E-state index contributed by atoms with van der Waals surface area (Å²) in [6.07, 6.45) is 2.65. The van der Waals surface area contributed by atoms with Crippen LogP contribution >= 0.6 is 0 Å². The molecule has 5 heteroatoms. The van der Waals surface area contributed by atoms with Gasteiger partial charge >= 0.3 is 0 Å². The molecule has 3 N–H and O–H groups in total. The van der Waals surface area contributed by atoms with Crippen molar-refractivity contribution in [2.45, 2.75) is 27.2 Å². The lowest BCUT2D eigenvalue weighted by Crippen LogP contribution is -2.34. The minimum atomic E-state index is 0.0247. The summed E-state index contributed by atoms with van der Waals surface area (Å²) in [6, 6.07) is 3.38. The predicted octanol–water partition coefficient (Wildman–Crippen LogP) is 1.88. The highest BCUT2D eigenvalue weighted by Gasteiger charge is 2.16. The number of aromatic nitrogens is 1. The summed E-state index contributed by atoms with van der Waals surface area (Å²) in [5.41, 5.74) is 3.06. The number of amides is 1. The molecule has 0 aliphatic rings. The van der Waals surface area contributed by atoms with Crippen LogP contribution in [0.3, 0.4) is 0 Å². The standard InChI is InChI=1S/C13H22N4O/c1-4-10(3)9-17(5-2)13(18)11-6-7-15-12(8-11)16-14/h6-8,10H,4-5,9,14H2,1-3H3,(H,15,16). The topological polar surface area (TPSA) is 71.2 Å². The van der Waals surface area contributed by atoms with Crippen LogP contribution in [0.1, 0.15) is 37.6 Å². The summed E-state index contributed by atoms with van der Waals surface area (Å²) in [5.74, 6) is 6.32. The summed E-state index contributed by atoms with van der Waals surface area (Å²) in [5, 5.41) is 0. The Morgan fingerprint density at radius 2 is 2.28 bits per heavy atom. The number of hydrogen-bond donors (Lipinski definition) is 2. The smallest absolute Gasteiger partial charge is 0.254 e. The molecule has 1 amide bonds. The van der Waals surface area contributed by atoms with Crippen molar-refractivity contribution in [1.29, 1.82) is 0 Å². The van der Waals surface area contributed by atoms with Crippen molar-refractivity contribution in [3.8, 4) is 0 Å². The molecule has 0 aliphatic heterocycles. The number of carbonyl (C=O) groups excluding carboxylic acids is 1. The van der Waals surface area contributed by atoms with Gasteiger partial charge in [0.25, 0.3) is 5.91 Å². The van der Waals surface area contributed by atoms with Crippen molar-refractivity contribution in [1.82, 2.24) is 9.88 Å². The van der Waals surface area contributed by atoms with E-state index < -0.39 is 0 Å². The van der Waals surface area contributed by atoms with Crippen molar-refractivity contribution in [3.05, 3.63) is 23.9 Å². The molecule has 1 rings (SSSR count). The first-order valence-corrected chi connectivity index (χ1v) is 6.34. The summed E-state index contributed by atoms with van der Waals surface area (Å²) in [7, 11) is 0. The molecule has 1 unspecified atom stereocenters. The maximum Gasteiger partial charge on any atom is 0.254 e. The molecule has 0 aromatic carbocycles. The van der Waals surface area contributed by atoms with Gasteiger partial charge in [0.05, 0.1) is 0 Å². The van der Waals surface area contributed by atoms with Crippen molar-refractivity contribution in [3.63, 3.8) is 0 Å². The zero-order valence-corrected chi connectivity index (χ0v) is 11.3. The second kappa shape index (κ2) is 6.96. The lowest BCUT2D eigenvalue weighted by Gasteiger charge is -2.24. The Morgan fingerprint density at radius 1 is 1.56 bits per heavy atom. The molecule has 0 saturated heterocycles. The van der Waals surface area contributed by atoms with E-state index in [1.807, 2.05) is 11.8 Å². The van der Waals surface area contributed by atoms with Crippen LogP contribution < -0.4 is 11.3 Å². The maximum atomic E-state index is 12.3. The minimum absolute atomic E-state index is 0.0247. The fourth-order valence-electron chi connectivity index (χ4n) is 1.69. The molecule has 0 radical (unpaired) electrons. The van der Waals surface area contributed by atoms with Crippen LogP contribution in [0.25, 0.3) is 0 Å². The van der Waals surface area contributed by atoms with Crippen LogP contribution in [0.4, 0.5) is 5.82 Å². The van der Waals surface area contributed by atoms with Gasteiger partial charge in [-0.25, -0.2) is 10.8 Å². The highest BCUT2D eigenvalue weighted by Crippen LogP contribution is 2.11. The van der Waals surface area contributed by atoms with Crippen LogP contribution in [-0.4, -0.2) is 28.9 Å². The van der Waals surface area contributed by atoms with Gasteiger partial charge in [0.2, 0.25) is 0 Å². The molecule has 1 aromatic heterocycles. The van der Waals surface area contributed by atoms with E-state index in [9.17, 15) is 4.79 Å². The van der Waals surface area contributed by atoms with Gasteiger partial charge in [-0.1, -0.05) is 20.3 Å². The lowest BCUT2D eigenvalue weighted by molar-refractivity contribution is 0.0741. The molecular weight excluding hydrogens is 228 g/mol. The van der Waals surface area contributed by atoms with E-state index in [0.29, 0.717) is 23.8 Å². The van der Waals surface area contributed by atoms with E-state index in [4.69, 9.17) is 5.84 Å². The molecule has 0 bridgehead atoms. The van der Waals surface area contributed by atoms with Gasteiger partial charge in [0, 0.05) is 24.8 Å². The zero-order chi connectivity index (χ0) is 13.5. The SMILES string of the molecule is CCC(C)CN(CC)C(=O)c1ccnc(NN)c1. The van der Waals surface area contributed by atoms with Crippen LogP contribution in [0.2, 0.25) is 0 Å². The third-order valence-electron chi connectivity index (χ3n) is 3.05. The van der Waals surface area contributed by atoms with E-state index in [1.165, 1.54) is 0 Å². The predicted molar refractivity (Wildman–Crippen MR) is 73.1 cm³/mol. The normalized spacial score (nSPS) is 12.0. The van der Waals surface area contributed by atoms with Crippen LogP contribution in [-0.2, 0) is 0 Å². The Morgan fingerprint density at radius 3 is 2.83 bits per heavy atom.